The zero-order valence-corrected chi connectivity index (χ0v) is 64.8. The number of ether oxygens (including phenoxy) is 6. The number of aromatic nitrogens is 3. The first-order chi connectivity index (χ1) is 52.4. The second kappa shape index (κ2) is 32.1. The van der Waals surface area contributed by atoms with E-state index in [9.17, 15) is 63.3 Å². The van der Waals surface area contributed by atoms with Crippen molar-refractivity contribution in [1.29, 1.82) is 0 Å². The van der Waals surface area contributed by atoms with Crippen molar-refractivity contribution < 1.29 is 91.7 Å². The third kappa shape index (κ3) is 12.7. The second-order valence-corrected chi connectivity index (χ2v) is 30.1. The topological polar surface area (TPSA) is 293 Å². The number of carbonyl (C=O) groups excluding carboxylic acids is 2. The number of methoxy groups -OCH3 is 3. The number of rotatable bonds is 18. The van der Waals surface area contributed by atoms with E-state index in [0.29, 0.717) is 33.4 Å². The molecule has 6 aromatic carbocycles. The fourth-order valence-corrected chi connectivity index (χ4v) is 18.0. The SMILES string of the molecule is CCCCF.COc1cncc2c1[C@]1(O)[C@H](O)[C@H](C(=O)N(C)CCF)[C@@H](c3ccccc3)[C@]1(c1ccc(Br)cc1)O2.COc1cncc2c1[C@]1(O)[C@H](O)[C@H](C(=O)N(C)CCF)[C@@H](c3ccccc3)[C@]1(c1ccc(Br)cc1)O2.COc1cncc2c1[C@]1(O)[C@H](O)[C@H](C(=O)O)[C@@H](c3ccccc3)[C@]1(c1ccc(Br)cc1)O2. The number of unbranched alkanes of at least 4 members (excludes halogenated alkanes) is 1. The molecule has 7 N–H and O–H groups in total. The molecule has 6 heterocycles. The lowest BCUT2D eigenvalue weighted by Gasteiger charge is -2.40. The number of alkyl halides is 3. The van der Waals surface area contributed by atoms with Crippen LogP contribution in [0.15, 0.2) is 214 Å². The molecule has 572 valence electrons. The third-order valence-electron chi connectivity index (χ3n) is 21.9. The van der Waals surface area contributed by atoms with E-state index in [4.69, 9.17) is 28.4 Å². The van der Waals surface area contributed by atoms with Crippen LogP contribution in [-0.4, -0.2) is 165 Å². The van der Waals surface area contributed by atoms with Crippen molar-refractivity contribution in [2.24, 2.45) is 17.8 Å². The Morgan fingerprint density at radius 3 is 0.954 bits per heavy atom. The van der Waals surface area contributed by atoms with Crippen LogP contribution in [0.3, 0.4) is 0 Å². The average molecular weight is 1690 g/mol. The largest absolute Gasteiger partial charge is 0.495 e. The molecule has 0 bridgehead atoms. The van der Waals surface area contributed by atoms with Gasteiger partial charge in [-0.3, -0.25) is 33.7 Å². The molecular formula is C82H81Br3F3N5O16. The van der Waals surface area contributed by atoms with Crippen molar-refractivity contribution in [3.8, 4) is 34.5 Å². The van der Waals surface area contributed by atoms with E-state index < -0.39 is 119 Å². The van der Waals surface area contributed by atoms with Crippen LogP contribution < -0.4 is 28.4 Å². The highest BCUT2D eigenvalue weighted by molar-refractivity contribution is 9.11. The Bertz CT molecular complexity index is 4530. The van der Waals surface area contributed by atoms with Gasteiger partial charge < -0.3 is 74.0 Å². The normalized spacial score (nSPS) is 27.9. The quantitative estimate of drug-likeness (QED) is 0.0420. The number of nitrogens with zero attached hydrogens (tertiary/aromatic N) is 5. The summed E-state index contributed by atoms with van der Waals surface area (Å²) >= 11 is 10.3. The van der Waals surface area contributed by atoms with E-state index in [0.717, 1.165) is 26.3 Å². The number of aliphatic hydroxyl groups excluding tert-OH is 3. The summed E-state index contributed by atoms with van der Waals surface area (Å²) in [4.78, 5) is 55.0. The molecule has 0 unspecified atom stereocenters. The van der Waals surface area contributed by atoms with Crippen molar-refractivity contribution in [2.45, 2.75) is 89.4 Å². The van der Waals surface area contributed by atoms with Gasteiger partial charge in [0.2, 0.25) is 11.8 Å². The van der Waals surface area contributed by atoms with Gasteiger partial charge in [-0.2, -0.15) is 0 Å². The van der Waals surface area contributed by atoms with E-state index in [1.165, 1.54) is 82.4 Å². The Labute approximate surface area is 652 Å². The summed E-state index contributed by atoms with van der Waals surface area (Å²) in [6, 6.07) is 48.8. The monoisotopic (exact) mass is 1690 g/mol. The molecular weight excluding hydrogens is 1610 g/mol. The van der Waals surface area contributed by atoms with Crippen LogP contribution in [0.1, 0.15) is 87.6 Å². The van der Waals surface area contributed by atoms with E-state index >= 15 is 0 Å². The number of carboxylic acids is 1. The van der Waals surface area contributed by atoms with Gasteiger partial charge in [0.1, 0.15) is 66.2 Å². The number of aliphatic carboxylic acids is 1. The smallest absolute Gasteiger partial charge is 0.310 e. The Kier molecular flexibility index (Phi) is 23.4. The molecule has 3 aliphatic carbocycles. The first-order valence-corrected chi connectivity index (χ1v) is 37.5. The molecule has 27 heteroatoms. The number of benzene rings is 6. The van der Waals surface area contributed by atoms with Gasteiger partial charge in [-0.05, 0) is 76.2 Å². The molecule has 21 nitrogen and oxygen atoms in total. The number of amides is 2. The predicted octanol–water partition coefficient (Wildman–Crippen LogP) is 12.0. The molecule has 3 saturated carbocycles. The average Bonchev–Trinajstić information content (AvgIpc) is 1.51. The van der Waals surface area contributed by atoms with Crippen molar-refractivity contribution in [1.82, 2.24) is 24.8 Å². The minimum absolute atomic E-state index is 0.141. The highest BCUT2D eigenvalue weighted by atomic mass is 79.9. The van der Waals surface area contributed by atoms with Crippen molar-refractivity contribution in [2.75, 3.05) is 68.5 Å². The first kappa shape index (κ1) is 79.5. The number of pyridine rings is 3. The fourth-order valence-electron chi connectivity index (χ4n) is 17.2. The van der Waals surface area contributed by atoms with Crippen molar-refractivity contribution >= 4 is 65.6 Å². The number of carbonyl (C=O) groups is 3. The molecule has 0 saturated heterocycles. The van der Waals surface area contributed by atoms with Gasteiger partial charge in [-0.1, -0.05) is 189 Å². The number of aliphatic hydroxyl groups is 6. The number of halogens is 6. The molecule has 6 aliphatic rings. The number of carboxylic acid groups (broad SMARTS) is 1. The maximum atomic E-state index is 13.8. The van der Waals surface area contributed by atoms with Crippen molar-refractivity contribution in [3.05, 3.63) is 264 Å². The first-order valence-electron chi connectivity index (χ1n) is 35.1. The summed E-state index contributed by atoms with van der Waals surface area (Å²) in [6.45, 7) is 0.0655. The minimum atomic E-state index is -2.12. The summed E-state index contributed by atoms with van der Waals surface area (Å²) in [6.07, 6.45) is 5.44. The van der Waals surface area contributed by atoms with Gasteiger partial charge in [-0.15, -0.1) is 0 Å². The number of hydrogen-bond acceptors (Lipinski definition) is 18. The fraction of sp³-hybridized carbons (Fsp3) is 0.341. The van der Waals surface area contributed by atoms with Gasteiger partial charge in [0.25, 0.3) is 0 Å². The molecule has 15 rings (SSSR count). The highest BCUT2D eigenvalue weighted by Gasteiger charge is 2.81. The zero-order valence-electron chi connectivity index (χ0n) is 60.0. The lowest BCUT2D eigenvalue weighted by molar-refractivity contribution is -0.159. The summed E-state index contributed by atoms with van der Waals surface area (Å²) in [5, 5.41) is 83.2. The number of fused-ring (bicyclic) bond motifs is 9. The Morgan fingerprint density at radius 2 is 0.716 bits per heavy atom. The molecule has 0 radical (unpaired) electrons. The summed E-state index contributed by atoms with van der Waals surface area (Å²) in [5.74, 6) is -7.07. The van der Waals surface area contributed by atoms with Gasteiger partial charge in [0.05, 0.1) is 99.6 Å². The highest BCUT2D eigenvalue weighted by Crippen LogP contribution is 2.73. The summed E-state index contributed by atoms with van der Waals surface area (Å²) in [7, 11) is 7.27. The maximum Gasteiger partial charge on any atom is 0.310 e. The minimum Gasteiger partial charge on any atom is -0.495 e. The van der Waals surface area contributed by atoms with E-state index in [2.05, 4.69) is 62.7 Å². The van der Waals surface area contributed by atoms with Gasteiger partial charge in [0.15, 0.2) is 33.6 Å². The Balaban J connectivity index is 0.000000148. The van der Waals surface area contributed by atoms with Gasteiger partial charge in [-0.25, -0.2) is 8.78 Å². The molecule has 109 heavy (non-hydrogen) atoms. The van der Waals surface area contributed by atoms with Crippen LogP contribution in [0.2, 0.25) is 0 Å². The standard InChI is InChI=1S/2C27H26BrFN2O5.C24H20BrNO6.C4H9F/c2*1-31(13-12-29)25(33)21-22(16-6-4-3-5-7-16)27(17-8-10-18(28)11-9-17)26(34,24(21)32)23-19(35-2)14-30-15-20(23)36-27;1-31-16-11-26-12-17-20(16)23(30)21(27)18(22(28)29)19(13-5-3-2-4-6-13)24(23,32-17)14-7-9-15(25)10-8-14;1-2-3-4-5/h2*3-11,14-15,21-22,24,32,34H,12-13H2,1-2H3;2-12,18-19,21,27,30H,1H3,(H,28,29);2-4H2,1H3/t2*21-,22-,24-,26+,27+;18-,19-,21-,23+,24+;/m111./s1. The van der Waals surface area contributed by atoms with Crippen LogP contribution in [0.25, 0.3) is 0 Å². The third-order valence-corrected chi connectivity index (χ3v) is 23.5. The zero-order chi connectivity index (χ0) is 78.1. The molecule has 2 amide bonds. The molecule has 9 aromatic rings. The predicted molar refractivity (Wildman–Crippen MR) is 405 cm³/mol. The van der Waals surface area contributed by atoms with Crippen LogP contribution in [-0.2, 0) is 48.0 Å². The summed E-state index contributed by atoms with van der Waals surface area (Å²) in [5.41, 5.74) is -6.93. The Morgan fingerprint density at radius 1 is 0.440 bits per heavy atom. The molecule has 3 fully saturated rings. The molecule has 3 aromatic heterocycles. The maximum absolute atomic E-state index is 13.8. The lowest BCUT2D eigenvalue weighted by Crippen LogP contribution is -2.52. The number of hydrogen-bond donors (Lipinski definition) is 7. The van der Waals surface area contributed by atoms with Gasteiger partial charge in [0, 0.05) is 58.4 Å². The second-order valence-electron chi connectivity index (χ2n) is 27.3. The molecule has 0 spiro atoms. The van der Waals surface area contributed by atoms with E-state index in [1.807, 2.05) is 97.9 Å². The van der Waals surface area contributed by atoms with E-state index in [-0.39, 0.29) is 71.0 Å². The van der Waals surface area contributed by atoms with Crippen LogP contribution >= 0.6 is 47.8 Å². The summed E-state index contributed by atoms with van der Waals surface area (Å²) < 4.78 is 76.1. The Hall–Kier alpha value is -9.03. The van der Waals surface area contributed by atoms with Crippen molar-refractivity contribution in [3.63, 3.8) is 0 Å². The van der Waals surface area contributed by atoms with E-state index in [1.54, 1.807) is 72.8 Å². The van der Waals surface area contributed by atoms with Crippen LogP contribution in [0, 0.1) is 17.8 Å². The molecule has 15 atom stereocenters. The van der Waals surface area contributed by atoms with Crippen LogP contribution in [0.5, 0.6) is 34.5 Å². The molecule has 3 aliphatic heterocycles. The van der Waals surface area contributed by atoms with Crippen LogP contribution in [0.4, 0.5) is 13.2 Å². The lowest BCUT2D eigenvalue weighted by atomic mass is 9.70. The van der Waals surface area contributed by atoms with Gasteiger partial charge >= 0.3 is 5.97 Å².